The average Bonchev–Trinajstić information content (AvgIpc) is 2.47. The number of aryl methyl sites for hydroxylation is 1. The minimum atomic E-state index is 0.327. The van der Waals surface area contributed by atoms with Crippen molar-refractivity contribution in [3.63, 3.8) is 0 Å². The van der Waals surface area contributed by atoms with Gasteiger partial charge in [0.05, 0.1) is 0 Å². The molecule has 3 N–H and O–H groups in total. The number of hydrogen-bond donors (Lipinski definition) is 2. The van der Waals surface area contributed by atoms with E-state index in [0.29, 0.717) is 17.6 Å². The predicted octanol–water partition coefficient (Wildman–Crippen LogP) is 3.97. The van der Waals surface area contributed by atoms with Crippen molar-refractivity contribution in [2.75, 3.05) is 11.2 Å². The molecule has 0 saturated carbocycles. The van der Waals surface area contributed by atoms with Gasteiger partial charge in [0.25, 0.3) is 0 Å². The molecule has 0 bridgehead atoms. The molecular formula is C16H22N4S. The van der Waals surface area contributed by atoms with Gasteiger partial charge in [0.2, 0.25) is 0 Å². The van der Waals surface area contributed by atoms with Gasteiger partial charge in [0.15, 0.2) is 5.82 Å². The predicted molar refractivity (Wildman–Crippen MR) is 90.5 cm³/mol. The lowest BCUT2D eigenvalue weighted by atomic mass is 10.0. The van der Waals surface area contributed by atoms with Gasteiger partial charge in [-0.2, -0.15) is 0 Å². The molecule has 0 saturated heterocycles. The van der Waals surface area contributed by atoms with Crippen LogP contribution in [0.15, 0.2) is 29.2 Å². The first-order valence-electron chi connectivity index (χ1n) is 7.15. The van der Waals surface area contributed by atoms with Gasteiger partial charge in [-0.15, -0.1) is 11.8 Å². The van der Waals surface area contributed by atoms with E-state index >= 15 is 0 Å². The van der Waals surface area contributed by atoms with Crippen LogP contribution in [0.1, 0.15) is 37.9 Å². The number of hydrogen-bond acceptors (Lipinski definition) is 5. The first kappa shape index (κ1) is 15.8. The molecule has 0 amide bonds. The number of nitrogens with two attached hydrogens (primary N) is 1. The van der Waals surface area contributed by atoms with E-state index in [2.05, 4.69) is 60.4 Å². The van der Waals surface area contributed by atoms with Gasteiger partial charge < -0.3 is 5.43 Å². The summed E-state index contributed by atoms with van der Waals surface area (Å²) in [5.74, 6) is 8.43. The van der Waals surface area contributed by atoms with E-state index in [1.165, 1.54) is 4.90 Å². The minimum absolute atomic E-state index is 0.327. The van der Waals surface area contributed by atoms with Crippen molar-refractivity contribution in [1.82, 2.24) is 9.97 Å². The van der Waals surface area contributed by atoms with Crippen molar-refractivity contribution < 1.29 is 0 Å². The van der Waals surface area contributed by atoms with E-state index in [4.69, 9.17) is 5.84 Å². The Balaban J connectivity index is 2.42. The third-order valence-electron chi connectivity index (χ3n) is 3.27. The highest BCUT2D eigenvalue weighted by atomic mass is 32.2. The largest absolute Gasteiger partial charge is 0.308 e. The highest BCUT2D eigenvalue weighted by Gasteiger charge is 2.14. The van der Waals surface area contributed by atoms with E-state index in [1.807, 2.05) is 18.7 Å². The Hall–Kier alpha value is -1.59. The third-order valence-corrected chi connectivity index (χ3v) is 4.17. The Morgan fingerprint density at radius 2 is 1.86 bits per heavy atom. The maximum atomic E-state index is 5.62. The van der Waals surface area contributed by atoms with E-state index in [9.17, 15) is 0 Å². The van der Waals surface area contributed by atoms with E-state index in [0.717, 1.165) is 22.6 Å². The summed E-state index contributed by atoms with van der Waals surface area (Å²) < 4.78 is 0. The van der Waals surface area contributed by atoms with E-state index in [-0.39, 0.29) is 0 Å². The summed E-state index contributed by atoms with van der Waals surface area (Å²) in [7, 11) is 0. The maximum absolute atomic E-state index is 5.62. The van der Waals surface area contributed by atoms with Crippen LogP contribution in [0.2, 0.25) is 0 Å². The minimum Gasteiger partial charge on any atom is -0.308 e. The molecule has 0 radical (unpaired) electrons. The molecule has 0 aliphatic rings. The lowest BCUT2D eigenvalue weighted by molar-refractivity contribution is 0.832. The first-order chi connectivity index (χ1) is 10.1. The van der Waals surface area contributed by atoms with Crippen LogP contribution in [-0.4, -0.2) is 15.7 Å². The fourth-order valence-electron chi connectivity index (χ4n) is 2.38. The molecule has 1 aromatic heterocycles. The lowest BCUT2D eigenvalue weighted by Crippen LogP contribution is -2.14. The average molecular weight is 302 g/mol. The van der Waals surface area contributed by atoms with Gasteiger partial charge in [-0.05, 0) is 30.7 Å². The van der Waals surface area contributed by atoms with Crippen molar-refractivity contribution in [2.24, 2.45) is 5.84 Å². The standard InChI is InChI=1S/C16H22N4S/c1-5-21-13-8-6-12(7-9-13)15-18-11(4)14(10(2)3)16(19-15)20-17/h6-10H,5,17H2,1-4H3,(H,18,19,20). The molecule has 0 fully saturated rings. The molecule has 0 aliphatic carbocycles. The summed E-state index contributed by atoms with van der Waals surface area (Å²) in [6, 6.07) is 8.33. The summed E-state index contributed by atoms with van der Waals surface area (Å²) in [4.78, 5) is 10.5. The van der Waals surface area contributed by atoms with Gasteiger partial charge in [-0.25, -0.2) is 15.8 Å². The smallest absolute Gasteiger partial charge is 0.161 e. The molecule has 2 aromatic rings. The number of nitrogen functional groups attached to an aromatic ring is 1. The zero-order valence-corrected chi connectivity index (χ0v) is 13.8. The van der Waals surface area contributed by atoms with E-state index < -0.39 is 0 Å². The molecule has 1 heterocycles. The number of benzene rings is 1. The molecule has 4 nitrogen and oxygen atoms in total. The van der Waals surface area contributed by atoms with Crippen molar-refractivity contribution in [2.45, 2.75) is 38.5 Å². The Bertz CT molecular complexity index is 608. The summed E-state index contributed by atoms with van der Waals surface area (Å²) in [5, 5.41) is 0. The van der Waals surface area contributed by atoms with E-state index in [1.54, 1.807) is 0 Å². The van der Waals surface area contributed by atoms with Crippen LogP contribution in [0.4, 0.5) is 5.82 Å². The van der Waals surface area contributed by atoms with Gasteiger partial charge in [0.1, 0.15) is 5.82 Å². The topological polar surface area (TPSA) is 63.8 Å². The second kappa shape index (κ2) is 6.91. The zero-order valence-electron chi connectivity index (χ0n) is 13.0. The van der Waals surface area contributed by atoms with Crippen LogP contribution in [0.5, 0.6) is 0 Å². The van der Waals surface area contributed by atoms with Crippen LogP contribution in [0.25, 0.3) is 11.4 Å². The summed E-state index contributed by atoms with van der Waals surface area (Å²) in [5.41, 5.74) is 5.75. The van der Waals surface area contributed by atoms with Crippen LogP contribution in [-0.2, 0) is 0 Å². The molecule has 0 atom stereocenters. The Kier molecular flexibility index (Phi) is 5.20. The summed E-state index contributed by atoms with van der Waals surface area (Å²) in [6.07, 6.45) is 0. The normalized spacial score (nSPS) is 11.0. The number of nitrogens with one attached hydrogen (secondary N) is 1. The number of aromatic nitrogens is 2. The zero-order chi connectivity index (χ0) is 15.4. The number of anilines is 1. The molecule has 2 rings (SSSR count). The second-order valence-corrected chi connectivity index (χ2v) is 6.49. The highest BCUT2D eigenvalue weighted by Crippen LogP contribution is 2.28. The molecule has 0 spiro atoms. The quantitative estimate of drug-likeness (QED) is 0.497. The van der Waals surface area contributed by atoms with Crippen molar-refractivity contribution in [3.05, 3.63) is 35.5 Å². The number of thioether (sulfide) groups is 1. The van der Waals surface area contributed by atoms with Crippen LogP contribution in [0.3, 0.4) is 0 Å². The van der Waals surface area contributed by atoms with Gasteiger partial charge >= 0.3 is 0 Å². The molecule has 112 valence electrons. The Morgan fingerprint density at radius 1 is 1.19 bits per heavy atom. The number of rotatable bonds is 5. The maximum Gasteiger partial charge on any atom is 0.161 e. The van der Waals surface area contributed by atoms with Crippen molar-refractivity contribution in [3.8, 4) is 11.4 Å². The molecule has 21 heavy (non-hydrogen) atoms. The van der Waals surface area contributed by atoms with Crippen LogP contribution >= 0.6 is 11.8 Å². The highest BCUT2D eigenvalue weighted by molar-refractivity contribution is 7.99. The van der Waals surface area contributed by atoms with Gasteiger partial charge in [-0.3, -0.25) is 0 Å². The summed E-state index contributed by atoms with van der Waals surface area (Å²) in [6.45, 7) is 8.38. The first-order valence-corrected chi connectivity index (χ1v) is 8.13. The Morgan fingerprint density at radius 3 is 2.38 bits per heavy atom. The molecule has 0 aliphatic heterocycles. The SMILES string of the molecule is CCSc1ccc(-c2nc(C)c(C(C)C)c(NN)n2)cc1. The third kappa shape index (κ3) is 3.54. The van der Waals surface area contributed by atoms with Crippen molar-refractivity contribution in [1.29, 1.82) is 0 Å². The number of hydrazine groups is 1. The van der Waals surface area contributed by atoms with Gasteiger partial charge in [-0.1, -0.05) is 32.9 Å². The molecule has 5 heteroatoms. The van der Waals surface area contributed by atoms with Crippen molar-refractivity contribution >= 4 is 17.6 Å². The monoisotopic (exact) mass is 302 g/mol. The second-order valence-electron chi connectivity index (χ2n) is 5.15. The Labute approximate surface area is 130 Å². The lowest BCUT2D eigenvalue weighted by Gasteiger charge is -2.15. The fraction of sp³-hybridized carbons (Fsp3) is 0.375. The van der Waals surface area contributed by atoms with Crippen LogP contribution in [0, 0.1) is 6.92 Å². The van der Waals surface area contributed by atoms with Gasteiger partial charge in [0, 0.05) is 21.7 Å². The summed E-state index contributed by atoms with van der Waals surface area (Å²) >= 11 is 1.82. The fourth-order valence-corrected chi connectivity index (χ4v) is 3.04. The number of nitrogens with zero attached hydrogens (tertiary/aromatic N) is 2. The molecule has 1 aromatic carbocycles. The molecular weight excluding hydrogens is 280 g/mol. The van der Waals surface area contributed by atoms with Crippen LogP contribution < -0.4 is 11.3 Å². The molecule has 0 unspecified atom stereocenters.